The molecule has 178 valence electrons. The molecule has 3 heterocycles. The summed E-state index contributed by atoms with van der Waals surface area (Å²) >= 11 is 3.45. The molecule has 2 amide bonds. The Morgan fingerprint density at radius 1 is 1.18 bits per heavy atom. The fourth-order valence-electron chi connectivity index (χ4n) is 4.59. The van der Waals surface area contributed by atoms with Crippen LogP contribution in [0.1, 0.15) is 42.5 Å². The van der Waals surface area contributed by atoms with E-state index < -0.39 is 17.7 Å². The number of Topliss-reactive ketones (excluding diaryl/α,β-unsaturated/α-hetero) is 1. The Morgan fingerprint density at radius 3 is 2.47 bits per heavy atom. The highest BCUT2D eigenvalue weighted by molar-refractivity contribution is 9.10. The van der Waals surface area contributed by atoms with Crippen LogP contribution in [0.15, 0.2) is 52.8 Å². The third kappa shape index (κ3) is 4.44. The number of aliphatic hydroxyl groups excluding tert-OH is 1. The molecule has 4 rings (SSSR count). The number of pyridine rings is 1. The Balaban J connectivity index is 1.73. The van der Waals surface area contributed by atoms with Gasteiger partial charge in [0.1, 0.15) is 5.76 Å². The lowest BCUT2D eigenvalue weighted by molar-refractivity contribution is -0.142. The summed E-state index contributed by atoms with van der Waals surface area (Å²) in [5, 5.41) is 11.2. The first-order valence-electron chi connectivity index (χ1n) is 11.2. The van der Waals surface area contributed by atoms with Crippen LogP contribution < -0.4 is 0 Å². The number of carbonyl (C=O) groups is 3. The van der Waals surface area contributed by atoms with E-state index in [9.17, 15) is 19.5 Å². The maximum absolute atomic E-state index is 13.3. The highest BCUT2D eigenvalue weighted by atomic mass is 79.9. The molecule has 1 N–H and O–H groups in total. The number of carbonyl (C=O) groups excluding carboxylic acids is 3. The molecule has 2 aliphatic rings. The van der Waals surface area contributed by atoms with Gasteiger partial charge in [0, 0.05) is 41.6 Å². The summed E-state index contributed by atoms with van der Waals surface area (Å²) in [6.45, 7) is 4.77. The zero-order valence-corrected chi connectivity index (χ0v) is 20.6. The number of nitrogens with zero attached hydrogens (tertiary/aromatic N) is 3. The molecule has 2 fully saturated rings. The van der Waals surface area contributed by atoms with Crippen molar-refractivity contribution in [3.05, 3.63) is 69.5 Å². The standard InChI is InChI=1S/C25H26BrN3O5/c1-3-34-25(33)28-12-8-18(9-13-28)29-21(16-6-10-27-11-7-16)20(23(31)24(29)32)22(30)17-4-5-19(26)15(2)14-17/h4-7,10-11,14,18,21,30H,3,8-9,12-13H2,1-2H3/b22-20+. The van der Waals surface area contributed by atoms with E-state index >= 15 is 0 Å². The van der Waals surface area contributed by atoms with E-state index in [-0.39, 0.29) is 23.5 Å². The largest absolute Gasteiger partial charge is 0.507 e. The number of aromatic nitrogens is 1. The number of hydrogen-bond acceptors (Lipinski definition) is 6. The molecule has 0 spiro atoms. The lowest BCUT2D eigenvalue weighted by Crippen LogP contribution is -2.48. The van der Waals surface area contributed by atoms with Crippen molar-refractivity contribution in [1.29, 1.82) is 0 Å². The maximum Gasteiger partial charge on any atom is 0.409 e. The number of aryl methyl sites for hydroxylation is 1. The zero-order valence-electron chi connectivity index (χ0n) is 19.0. The first kappa shape index (κ1) is 23.9. The molecule has 0 aliphatic carbocycles. The Labute approximate surface area is 206 Å². The Kier molecular flexibility index (Phi) is 7.02. The monoisotopic (exact) mass is 527 g/mol. The highest BCUT2D eigenvalue weighted by Gasteiger charge is 2.49. The molecule has 9 heteroatoms. The van der Waals surface area contributed by atoms with Crippen LogP contribution in [-0.2, 0) is 14.3 Å². The second kappa shape index (κ2) is 9.97. The van der Waals surface area contributed by atoms with Gasteiger partial charge >= 0.3 is 6.09 Å². The molecule has 2 saturated heterocycles. The number of amides is 2. The van der Waals surface area contributed by atoms with Crippen molar-refractivity contribution in [2.45, 2.75) is 38.8 Å². The van der Waals surface area contributed by atoms with Gasteiger partial charge in [0.15, 0.2) is 0 Å². The molecule has 2 aliphatic heterocycles. The van der Waals surface area contributed by atoms with Crippen molar-refractivity contribution in [3.8, 4) is 0 Å². The molecule has 8 nitrogen and oxygen atoms in total. The number of ketones is 1. The molecule has 34 heavy (non-hydrogen) atoms. The first-order valence-corrected chi connectivity index (χ1v) is 12.0. The van der Waals surface area contributed by atoms with Crippen LogP contribution in [0.4, 0.5) is 4.79 Å². The third-order valence-corrected chi connectivity index (χ3v) is 7.21. The Morgan fingerprint density at radius 2 is 1.85 bits per heavy atom. The molecule has 1 unspecified atom stereocenters. The van der Waals surface area contributed by atoms with Crippen molar-refractivity contribution in [2.75, 3.05) is 19.7 Å². The first-order chi connectivity index (χ1) is 16.3. The van der Waals surface area contributed by atoms with Crippen LogP contribution >= 0.6 is 15.9 Å². The molecule has 0 radical (unpaired) electrons. The maximum atomic E-state index is 13.3. The Bertz CT molecular complexity index is 1140. The number of benzene rings is 1. The molecule has 1 atom stereocenters. The minimum absolute atomic E-state index is 0.0609. The van der Waals surface area contributed by atoms with Gasteiger partial charge in [0.05, 0.1) is 18.2 Å². The van der Waals surface area contributed by atoms with E-state index in [1.54, 1.807) is 59.4 Å². The summed E-state index contributed by atoms with van der Waals surface area (Å²) in [7, 11) is 0. The topological polar surface area (TPSA) is 100 Å². The van der Waals surface area contributed by atoms with Gasteiger partial charge in [-0.05, 0) is 62.1 Å². The number of halogens is 1. The summed E-state index contributed by atoms with van der Waals surface area (Å²) in [4.78, 5) is 45.9. The molecule has 1 aromatic carbocycles. The minimum atomic E-state index is -0.744. The van der Waals surface area contributed by atoms with E-state index in [2.05, 4.69) is 20.9 Å². The lowest BCUT2D eigenvalue weighted by atomic mass is 9.94. The number of likely N-dealkylation sites (tertiary alicyclic amines) is 2. The van der Waals surface area contributed by atoms with Crippen molar-refractivity contribution >= 4 is 39.5 Å². The average molecular weight is 528 g/mol. The summed E-state index contributed by atoms with van der Waals surface area (Å²) in [5.41, 5.74) is 2.11. The van der Waals surface area contributed by atoms with Crippen LogP contribution in [0.5, 0.6) is 0 Å². The van der Waals surface area contributed by atoms with Gasteiger partial charge in [0.2, 0.25) is 0 Å². The van der Waals surface area contributed by atoms with E-state index in [0.717, 1.165) is 10.0 Å². The number of rotatable bonds is 4. The lowest BCUT2D eigenvalue weighted by Gasteiger charge is -2.38. The quantitative estimate of drug-likeness (QED) is 0.363. The van der Waals surface area contributed by atoms with Crippen molar-refractivity contribution in [1.82, 2.24) is 14.8 Å². The number of piperidine rings is 1. The van der Waals surface area contributed by atoms with Crippen molar-refractivity contribution in [3.63, 3.8) is 0 Å². The van der Waals surface area contributed by atoms with Crippen molar-refractivity contribution in [2.24, 2.45) is 0 Å². The molecule has 2 aromatic rings. The summed E-state index contributed by atoms with van der Waals surface area (Å²) in [6.07, 6.45) is 3.83. The summed E-state index contributed by atoms with van der Waals surface area (Å²) in [5.74, 6) is -1.57. The SMILES string of the molecule is CCOC(=O)N1CCC(N2C(=O)C(=O)/C(=C(/O)c3ccc(Br)c(C)c3)C2c2ccncc2)CC1. The third-order valence-electron chi connectivity index (χ3n) is 6.32. The molecule has 0 bridgehead atoms. The van der Waals surface area contributed by atoms with Gasteiger partial charge in [-0.2, -0.15) is 0 Å². The predicted octanol–water partition coefficient (Wildman–Crippen LogP) is 4.20. The van der Waals surface area contributed by atoms with Crippen molar-refractivity contribution < 1.29 is 24.2 Å². The zero-order chi connectivity index (χ0) is 24.4. The molecule has 1 aromatic heterocycles. The second-order valence-corrected chi connectivity index (χ2v) is 9.22. The second-order valence-electron chi connectivity index (χ2n) is 8.37. The summed E-state index contributed by atoms with van der Waals surface area (Å²) in [6, 6.07) is 7.76. The van der Waals surface area contributed by atoms with Crippen LogP contribution in [-0.4, -0.2) is 63.4 Å². The van der Waals surface area contributed by atoms with Gasteiger partial charge in [-0.1, -0.05) is 22.0 Å². The Hall–Kier alpha value is -3.20. The average Bonchev–Trinajstić information content (AvgIpc) is 3.11. The van der Waals surface area contributed by atoms with Crippen LogP contribution in [0.2, 0.25) is 0 Å². The van der Waals surface area contributed by atoms with Gasteiger partial charge in [-0.15, -0.1) is 0 Å². The van der Waals surface area contributed by atoms with E-state index in [1.807, 2.05) is 6.92 Å². The smallest absolute Gasteiger partial charge is 0.409 e. The van der Waals surface area contributed by atoms with E-state index in [1.165, 1.54) is 0 Å². The molecule has 0 saturated carbocycles. The fraction of sp³-hybridized carbons (Fsp3) is 0.360. The van der Waals surface area contributed by atoms with Crippen LogP contribution in [0, 0.1) is 6.92 Å². The normalized spacial score (nSPS) is 20.6. The highest BCUT2D eigenvalue weighted by Crippen LogP contribution is 2.42. The molecular weight excluding hydrogens is 502 g/mol. The van der Waals surface area contributed by atoms with Gasteiger partial charge in [-0.25, -0.2) is 4.79 Å². The number of ether oxygens (including phenoxy) is 1. The van der Waals surface area contributed by atoms with E-state index in [4.69, 9.17) is 4.74 Å². The van der Waals surface area contributed by atoms with E-state index in [0.29, 0.717) is 43.7 Å². The number of hydrogen-bond donors (Lipinski definition) is 1. The molecular formula is C25H26BrN3O5. The number of aliphatic hydroxyl groups is 1. The van der Waals surface area contributed by atoms with Crippen LogP contribution in [0.3, 0.4) is 0 Å². The summed E-state index contributed by atoms with van der Waals surface area (Å²) < 4.78 is 5.97. The fourth-order valence-corrected chi connectivity index (χ4v) is 4.84. The van der Waals surface area contributed by atoms with Gasteiger partial charge in [-0.3, -0.25) is 14.6 Å². The predicted molar refractivity (Wildman–Crippen MR) is 129 cm³/mol. The van der Waals surface area contributed by atoms with Crippen LogP contribution in [0.25, 0.3) is 5.76 Å². The minimum Gasteiger partial charge on any atom is -0.507 e. The van der Waals surface area contributed by atoms with Gasteiger partial charge in [0.25, 0.3) is 11.7 Å². The van der Waals surface area contributed by atoms with Gasteiger partial charge < -0.3 is 19.6 Å².